The predicted molar refractivity (Wildman–Crippen MR) is 66.1 cm³/mol. The lowest BCUT2D eigenvalue weighted by Gasteiger charge is -2.18. The fourth-order valence-corrected chi connectivity index (χ4v) is 2.28. The van der Waals surface area contributed by atoms with Crippen molar-refractivity contribution in [3.8, 4) is 5.75 Å². The number of benzene rings is 1. The fraction of sp³-hybridized carbons (Fsp3) is 0.455. The summed E-state index contributed by atoms with van der Waals surface area (Å²) in [4.78, 5) is 12.6. The smallest absolute Gasteiger partial charge is 0.294 e. The van der Waals surface area contributed by atoms with Gasteiger partial charge in [-0.2, -0.15) is 0 Å². The van der Waals surface area contributed by atoms with Crippen molar-refractivity contribution >= 4 is 23.0 Å². The highest BCUT2D eigenvalue weighted by Crippen LogP contribution is 2.38. The molecule has 0 aliphatic carbocycles. The van der Waals surface area contributed by atoms with Crippen LogP contribution in [0.2, 0.25) is 5.02 Å². The summed E-state index contributed by atoms with van der Waals surface area (Å²) >= 11 is 5.90. The average molecular weight is 257 g/mol. The summed E-state index contributed by atoms with van der Waals surface area (Å²) in [6.07, 6.45) is 2.12. The van der Waals surface area contributed by atoms with E-state index >= 15 is 0 Å². The minimum absolute atomic E-state index is 0.0395. The summed E-state index contributed by atoms with van der Waals surface area (Å²) in [5.41, 5.74) is 0.631. The first-order chi connectivity index (χ1) is 8.13. The molecule has 0 unspecified atom stereocenters. The Bertz CT molecular complexity index is 445. The molecule has 1 saturated heterocycles. The Hall–Kier alpha value is -1.49. The van der Waals surface area contributed by atoms with Crippen LogP contribution in [0.5, 0.6) is 5.75 Å². The second-order valence-electron chi connectivity index (χ2n) is 3.93. The number of hydrogen-bond donors (Lipinski definition) is 0. The average Bonchev–Trinajstić information content (AvgIpc) is 2.82. The van der Waals surface area contributed by atoms with Crippen LogP contribution in [0.3, 0.4) is 0 Å². The Balaban J connectivity index is 2.49. The number of rotatable bonds is 3. The van der Waals surface area contributed by atoms with Crippen molar-refractivity contribution in [1.29, 1.82) is 0 Å². The number of hydrogen-bond acceptors (Lipinski definition) is 4. The largest absolute Gasteiger partial charge is 0.495 e. The van der Waals surface area contributed by atoms with Crippen LogP contribution >= 0.6 is 11.6 Å². The predicted octanol–water partition coefficient (Wildman–Crippen LogP) is 2.86. The van der Waals surface area contributed by atoms with E-state index in [4.69, 9.17) is 16.3 Å². The lowest BCUT2D eigenvalue weighted by Crippen LogP contribution is -2.19. The van der Waals surface area contributed by atoms with Crippen molar-refractivity contribution in [2.45, 2.75) is 12.8 Å². The Labute approximate surface area is 104 Å². The molecule has 5 nitrogen and oxygen atoms in total. The van der Waals surface area contributed by atoms with E-state index in [0.717, 1.165) is 25.9 Å². The Morgan fingerprint density at radius 2 is 2.06 bits per heavy atom. The number of anilines is 1. The van der Waals surface area contributed by atoms with Crippen LogP contribution in [0.4, 0.5) is 11.4 Å². The van der Waals surface area contributed by atoms with Crippen LogP contribution in [0.15, 0.2) is 12.1 Å². The van der Waals surface area contributed by atoms with Gasteiger partial charge in [0.05, 0.1) is 17.1 Å². The minimum atomic E-state index is -0.404. The lowest BCUT2D eigenvalue weighted by atomic mass is 10.2. The summed E-state index contributed by atoms with van der Waals surface area (Å²) in [5, 5.41) is 11.3. The molecular formula is C11H13ClN2O3. The highest BCUT2D eigenvalue weighted by molar-refractivity contribution is 6.32. The third kappa shape index (κ3) is 2.29. The molecule has 0 radical (unpaired) electrons. The topological polar surface area (TPSA) is 55.6 Å². The van der Waals surface area contributed by atoms with E-state index in [2.05, 4.69) is 0 Å². The van der Waals surface area contributed by atoms with Gasteiger partial charge in [-0.05, 0) is 12.8 Å². The summed E-state index contributed by atoms with van der Waals surface area (Å²) in [6, 6.07) is 3.00. The van der Waals surface area contributed by atoms with Gasteiger partial charge in [0.2, 0.25) is 0 Å². The monoisotopic (exact) mass is 256 g/mol. The first-order valence-electron chi connectivity index (χ1n) is 5.40. The molecule has 1 aliphatic heterocycles. The molecule has 0 saturated carbocycles. The minimum Gasteiger partial charge on any atom is -0.495 e. The summed E-state index contributed by atoms with van der Waals surface area (Å²) < 4.78 is 5.10. The van der Waals surface area contributed by atoms with E-state index in [1.165, 1.54) is 13.2 Å². The van der Waals surface area contributed by atoms with Gasteiger partial charge in [-0.1, -0.05) is 11.6 Å². The summed E-state index contributed by atoms with van der Waals surface area (Å²) in [7, 11) is 1.50. The standard InChI is InChI=1S/C11H13ClN2O3/c1-17-11-7-9(13-4-2-3-5-13)10(14(15)16)6-8(11)12/h6-7H,2-5H2,1H3. The van der Waals surface area contributed by atoms with Gasteiger partial charge in [0, 0.05) is 25.2 Å². The van der Waals surface area contributed by atoms with Gasteiger partial charge in [0.1, 0.15) is 11.4 Å². The number of nitro benzene ring substituents is 1. The van der Waals surface area contributed by atoms with Crippen molar-refractivity contribution in [3.05, 3.63) is 27.3 Å². The van der Waals surface area contributed by atoms with Gasteiger partial charge >= 0.3 is 0 Å². The molecular weight excluding hydrogens is 244 g/mol. The first-order valence-corrected chi connectivity index (χ1v) is 5.78. The van der Waals surface area contributed by atoms with Crippen molar-refractivity contribution in [3.63, 3.8) is 0 Å². The first kappa shape index (κ1) is 12.0. The van der Waals surface area contributed by atoms with Crippen molar-refractivity contribution in [2.75, 3.05) is 25.1 Å². The molecule has 0 atom stereocenters. The zero-order valence-electron chi connectivity index (χ0n) is 9.48. The van der Waals surface area contributed by atoms with Gasteiger partial charge in [0.15, 0.2) is 0 Å². The molecule has 6 heteroatoms. The molecule has 1 aromatic carbocycles. The molecule has 17 heavy (non-hydrogen) atoms. The van der Waals surface area contributed by atoms with Crippen LogP contribution < -0.4 is 9.64 Å². The van der Waals surface area contributed by atoms with Gasteiger partial charge in [-0.25, -0.2) is 0 Å². The van der Waals surface area contributed by atoms with E-state index in [-0.39, 0.29) is 10.7 Å². The number of nitrogens with zero attached hydrogens (tertiary/aromatic N) is 2. The molecule has 1 aromatic rings. The Morgan fingerprint density at radius 1 is 1.41 bits per heavy atom. The van der Waals surface area contributed by atoms with E-state index in [1.807, 2.05) is 4.90 Å². The molecule has 1 fully saturated rings. The zero-order valence-corrected chi connectivity index (χ0v) is 10.2. The van der Waals surface area contributed by atoms with Crippen LogP contribution in [0.25, 0.3) is 0 Å². The Morgan fingerprint density at radius 3 is 2.59 bits per heavy atom. The fourth-order valence-electron chi connectivity index (χ4n) is 2.05. The number of methoxy groups -OCH3 is 1. The molecule has 0 bridgehead atoms. The highest BCUT2D eigenvalue weighted by atomic mass is 35.5. The maximum Gasteiger partial charge on any atom is 0.294 e. The third-order valence-corrected chi connectivity index (χ3v) is 3.19. The van der Waals surface area contributed by atoms with Gasteiger partial charge < -0.3 is 9.64 Å². The Kier molecular flexibility index (Phi) is 3.38. The van der Waals surface area contributed by atoms with Crippen LogP contribution in [-0.2, 0) is 0 Å². The van der Waals surface area contributed by atoms with Gasteiger partial charge in [0.25, 0.3) is 5.69 Å². The third-order valence-electron chi connectivity index (χ3n) is 2.89. The van der Waals surface area contributed by atoms with Crippen molar-refractivity contribution in [2.24, 2.45) is 0 Å². The molecule has 0 aromatic heterocycles. The van der Waals surface area contributed by atoms with E-state index in [0.29, 0.717) is 11.4 Å². The molecule has 1 heterocycles. The highest BCUT2D eigenvalue weighted by Gasteiger charge is 2.24. The van der Waals surface area contributed by atoms with Crippen LogP contribution in [0.1, 0.15) is 12.8 Å². The van der Waals surface area contributed by atoms with E-state index in [1.54, 1.807) is 6.07 Å². The maximum absolute atomic E-state index is 11.0. The van der Waals surface area contributed by atoms with E-state index in [9.17, 15) is 10.1 Å². The molecule has 92 valence electrons. The van der Waals surface area contributed by atoms with E-state index < -0.39 is 4.92 Å². The molecule has 1 aliphatic rings. The second kappa shape index (κ2) is 4.79. The van der Waals surface area contributed by atoms with Crippen molar-refractivity contribution in [1.82, 2.24) is 0 Å². The summed E-state index contributed by atoms with van der Waals surface area (Å²) in [5.74, 6) is 0.471. The zero-order chi connectivity index (χ0) is 12.4. The van der Waals surface area contributed by atoms with Crippen LogP contribution in [0, 0.1) is 10.1 Å². The summed E-state index contributed by atoms with van der Waals surface area (Å²) in [6.45, 7) is 1.68. The molecule has 2 rings (SSSR count). The SMILES string of the molecule is COc1cc(N2CCCC2)c([N+](=O)[O-])cc1Cl. The van der Waals surface area contributed by atoms with Gasteiger partial charge in [-0.15, -0.1) is 0 Å². The number of ether oxygens (including phenoxy) is 1. The molecule has 0 N–H and O–H groups in total. The maximum atomic E-state index is 11.0. The van der Waals surface area contributed by atoms with Gasteiger partial charge in [-0.3, -0.25) is 10.1 Å². The lowest BCUT2D eigenvalue weighted by molar-refractivity contribution is -0.384. The van der Waals surface area contributed by atoms with Crippen molar-refractivity contribution < 1.29 is 9.66 Å². The normalized spacial score (nSPS) is 15.1. The molecule has 0 spiro atoms. The quantitative estimate of drug-likeness (QED) is 0.616. The van der Waals surface area contributed by atoms with Crippen LogP contribution in [-0.4, -0.2) is 25.1 Å². The second-order valence-corrected chi connectivity index (χ2v) is 4.33. The molecule has 0 amide bonds. The number of nitro groups is 1. The number of halogens is 1.